The highest BCUT2D eigenvalue weighted by Crippen LogP contribution is 2.65. The van der Waals surface area contributed by atoms with Gasteiger partial charge >= 0.3 is 30.0 Å². The van der Waals surface area contributed by atoms with Crippen LogP contribution in [-0.2, 0) is 61.5 Å². The predicted molar refractivity (Wildman–Crippen MR) is 270 cm³/mol. The molecule has 4 fully saturated rings. The monoisotopic (exact) mass is 1050 g/mol. The molecular weight excluding hydrogens is 979 g/mol. The Balaban J connectivity index is 1.47. The normalized spacial score (nSPS) is 30.6. The molecule has 1 amide bonds. The number of benzene rings is 1. The minimum atomic E-state index is -2.65. The second-order valence-electron chi connectivity index (χ2n) is 21.5. The van der Waals surface area contributed by atoms with Crippen LogP contribution in [0.1, 0.15) is 136 Å². The lowest BCUT2D eigenvalue weighted by atomic mass is 9.44. The Morgan fingerprint density at radius 3 is 2.15 bits per heavy atom. The summed E-state index contributed by atoms with van der Waals surface area (Å²) in [4.78, 5) is 88.2. The topological polar surface area (TPSA) is 218 Å². The van der Waals surface area contributed by atoms with Crippen molar-refractivity contribution in [2.75, 3.05) is 13.7 Å². The number of esters is 4. The minimum Gasteiger partial charge on any atom is -0.456 e. The van der Waals surface area contributed by atoms with Crippen molar-refractivity contribution in [3.63, 3.8) is 0 Å². The summed E-state index contributed by atoms with van der Waals surface area (Å²) >= 11 is 1.26. The number of amides is 1. The third-order valence-corrected chi connectivity index (χ3v) is 22.5. The van der Waals surface area contributed by atoms with Gasteiger partial charge in [0.1, 0.15) is 36.1 Å². The van der Waals surface area contributed by atoms with Gasteiger partial charge in [0.2, 0.25) is 0 Å². The zero-order chi connectivity index (χ0) is 53.5. The number of thiophene rings is 1. The van der Waals surface area contributed by atoms with E-state index in [0.29, 0.717) is 35.9 Å². The molecule has 402 valence electrons. The van der Waals surface area contributed by atoms with Crippen LogP contribution < -0.4 is 5.32 Å². The van der Waals surface area contributed by atoms with Crippen LogP contribution in [0.3, 0.4) is 0 Å². The SMILES string of the molecule is CCC(=O)O[C@H]1C(=O)[C@@]2(C)C(C(OC(=O)c3ccccc3)[C@]3(O)C[C@H](OC(=O)[C@H](OC(C)(C)OC)[C@@H](NC(=O)OC4CCC4)c4cccs4)C(C)=C1C3(C)C)[C@]1(OC(C)=O)CO[C@@H]1C[C@@H]2O[Si](CC)(CC)CC. The standard InChI is InChI=1S/C54H75NO16SSi/c1-13-39(57)67-42-40-31(5)35(66-48(60)43(70-51(9,10)63-12)41(36-26-21-27-72-36)55-49(61)65-34-24-20-25-34)29-54(62,50(40,7)8)46(68-47(59)33-22-18-17-19-23-33)44-52(11,45(42)58)37(71-73(14-2,15-3)16-4)28-38-53(44,30-64-38)69-32(6)56/h17-19,21-23,26-27,34-35,37-38,41-44,46,62H,13-16,20,24-25,28-30H2,1-12H3,(H,55,61)/t35-,37-,38+,41-,42+,43+,44?,46?,52+,53-,54+/m0/s1. The Bertz CT molecular complexity index is 2390. The van der Waals surface area contributed by atoms with Gasteiger partial charge in [0.05, 0.1) is 29.6 Å². The molecule has 7 rings (SSSR count). The molecule has 2 N–H and O–H groups in total. The first kappa shape index (κ1) is 56.2. The zero-order valence-corrected chi connectivity index (χ0v) is 46.2. The van der Waals surface area contributed by atoms with Gasteiger partial charge in [-0.15, -0.1) is 11.3 Å². The quantitative estimate of drug-likeness (QED) is 0.0443. The van der Waals surface area contributed by atoms with Crippen LogP contribution in [0.5, 0.6) is 0 Å². The van der Waals surface area contributed by atoms with Gasteiger partial charge in [-0.1, -0.05) is 65.8 Å². The van der Waals surface area contributed by atoms with Crippen molar-refractivity contribution < 1.29 is 76.2 Å². The highest BCUT2D eigenvalue weighted by atomic mass is 32.1. The maximum absolute atomic E-state index is 16.6. The van der Waals surface area contributed by atoms with Crippen LogP contribution in [0, 0.1) is 16.7 Å². The van der Waals surface area contributed by atoms with Crippen LogP contribution in [0.25, 0.3) is 0 Å². The van der Waals surface area contributed by atoms with Gasteiger partial charge in [-0.2, -0.15) is 0 Å². The van der Waals surface area contributed by atoms with E-state index in [0.717, 1.165) is 6.42 Å². The Kier molecular flexibility index (Phi) is 16.7. The molecule has 4 aliphatic carbocycles. The Hall–Kier alpha value is -4.50. The summed E-state index contributed by atoms with van der Waals surface area (Å²) in [5.74, 6) is -6.79. The van der Waals surface area contributed by atoms with Crippen LogP contribution in [-0.4, -0.2) is 123 Å². The summed E-state index contributed by atoms with van der Waals surface area (Å²) in [5, 5.41) is 19.0. The number of Topliss-reactive ketones (excluding diaryl/α,β-unsaturated/α-hetero) is 1. The summed E-state index contributed by atoms with van der Waals surface area (Å²) in [7, 11) is -1.25. The zero-order valence-electron chi connectivity index (χ0n) is 44.4. The van der Waals surface area contributed by atoms with Crippen LogP contribution >= 0.6 is 11.3 Å². The molecule has 2 heterocycles. The maximum atomic E-state index is 16.6. The van der Waals surface area contributed by atoms with E-state index in [2.05, 4.69) is 26.1 Å². The van der Waals surface area contributed by atoms with Crippen molar-refractivity contribution >= 4 is 55.4 Å². The third-order valence-electron chi connectivity index (χ3n) is 16.9. The van der Waals surface area contributed by atoms with E-state index in [1.165, 1.54) is 25.4 Å². The van der Waals surface area contributed by atoms with E-state index < -0.39 is 127 Å². The fraction of sp³-hybridized carbons (Fsp3) is 0.667. The van der Waals surface area contributed by atoms with Crippen molar-refractivity contribution in [2.45, 2.75) is 199 Å². The molecule has 17 nitrogen and oxygen atoms in total. The van der Waals surface area contributed by atoms with E-state index in [1.807, 2.05) is 0 Å². The van der Waals surface area contributed by atoms with Crippen molar-refractivity contribution in [3.8, 4) is 0 Å². The summed E-state index contributed by atoms with van der Waals surface area (Å²) in [6, 6.07) is 12.5. The highest BCUT2D eigenvalue weighted by molar-refractivity contribution is 7.10. The Labute approximate surface area is 433 Å². The number of rotatable bonds is 19. The van der Waals surface area contributed by atoms with Gasteiger partial charge in [-0.25, -0.2) is 14.4 Å². The van der Waals surface area contributed by atoms with Gasteiger partial charge < -0.3 is 52.7 Å². The molecule has 73 heavy (non-hydrogen) atoms. The lowest BCUT2D eigenvalue weighted by Crippen LogP contribution is -2.82. The number of methoxy groups -OCH3 is 1. The predicted octanol–water partition coefficient (Wildman–Crippen LogP) is 8.47. The van der Waals surface area contributed by atoms with Crippen molar-refractivity contribution in [1.29, 1.82) is 0 Å². The van der Waals surface area contributed by atoms with Crippen molar-refractivity contribution in [1.82, 2.24) is 5.32 Å². The number of hydrogen-bond donors (Lipinski definition) is 2. The molecule has 2 unspecified atom stereocenters. The first-order valence-electron chi connectivity index (χ1n) is 25.8. The molecule has 11 atom stereocenters. The number of ether oxygens (including phenoxy) is 8. The number of carbonyl (C=O) groups excluding carboxylic acids is 6. The van der Waals surface area contributed by atoms with Crippen LogP contribution in [0.4, 0.5) is 4.79 Å². The summed E-state index contributed by atoms with van der Waals surface area (Å²) in [6.45, 7) is 18.6. The first-order chi connectivity index (χ1) is 34.4. The molecule has 0 spiro atoms. The van der Waals surface area contributed by atoms with Crippen LogP contribution in [0.2, 0.25) is 18.1 Å². The molecular formula is C54H75NO16SSi. The molecule has 3 saturated carbocycles. The lowest BCUT2D eigenvalue weighted by Gasteiger charge is -2.68. The number of alkyl carbamates (subject to hydrolysis) is 1. The van der Waals surface area contributed by atoms with E-state index in [-0.39, 0.29) is 42.3 Å². The highest BCUT2D eigenvalue weighted by Gasteiger charge is 2.79. The molecule has 1 saturated heterocycles. The number of carbonyl (C=O) groups is 6. The van der Waals surface area contributed by atoms with E-state index in [1.54, 1.807) is 96.3 Å². The summed E-state index contributed by atoms with van der Waals surface area (Å²) in [5.41, 5.74) is -6.98. The molecule has 0 radical (unpaired) electrons. The smallest absolute Gasteiger partial charge is 0.408 e. The number of fused-ring (bicyclic) bond motifs is 5. The van der Waals surface area contributed by atoms with Gasteiger partial charge in [-0.05, 0) is 99.8 Å². The van der Waals surface area contributed by atoms with E-state index in [4.69, 9.17) is 42.3 Å². The van der Waals surface area contributed by atoms with Gasteiger partial charge in [-0.3, -0.25) is 14.4 Å². The number of nitrogens with one attached hydrogen (secondary N) is 1. The summed E-state index contributed by atoms with van der Waals surface area (Å²) < 4.78 is 57.5. The van der Waals surface area contributed by atoms with Crippen molar-refractivity contribution in [2.24, 2.45) is 16.7 Å². The molecule has 1 aromatic heterocycles. The minimum absolute atomic E-state index is 0.0848. The second kappa shape index (κ2) is 21.6. The Morgan fingerprint density at radius 1 is 0.945 bits per heavy atom. The molecule has 2 bridgehead atoms. The van der Waals surface area contributed by atoms with E-state index >= 15 is 9.59 Å². The van der Waals surface area contributed by atoms with Gasteiger partial charge in [0.15, 0.2) is 37.7 Å². The second-order valence-corrected chi connectivity index (χ2v) is 27.2. The fourth-order valence-electron chi connectivity index (χ4n) is 11.9. The fourth-order valence-corrected chi connectivity index (χ4v) is 15.6. The average molecular weight is 1050 g/mol. The molecule has 1 aromatic carbocycles. The molecule has 5 aliphatic rings. The van der Waals surface area contributed by atoms with Gasteiger partial charge in [0.25, 0.3) is 0 Å². The molecule has 19 heteroatoms. The summed E-state index contributed by atoms with van der Waals surface area (Å²) in [6.07, 6.45) is -7.64. The lowest BCUT2D eigenvalue weighted by molar-refractivity contribution is -0.344. The van der Waals surface area contributed by atoms with Crippen molar-refractivity contribution in [3.05, 3.63) is 69.4 Å². The number of aliphatic hydroxyl groups is 1. The van der Waals surface area contributed by atoms with Gasteiger partial charge in [0, 0.05) is 43.6 Å². The number of ketones is 1. The maximum Gasteiger partial charge on any atom is 0.408 e. The Morgan fingerprint density at radius 2 is 1.62 bits per heavy atom. The third kappa shape index (κ3) is 10.3. The first-order valence-corrected chi connectivity index (χ1v) is 29.2. The molecule has 1 aliphatic heterocycles. The number of hydrogen-bond acceptors (Lipinski definition) is 17. The van der Waals surface area contributed by atoms with E-state index in [9.17, 15) is 24.3 Å². The largest absolute Gasteiger partial charge is 0.456 e. The molecule has 2 aromatic rings. The van der Waals surface area contributed by atoms with Crippen LogP contribution in [0.15, 0.2) is 59.0 Å². The average Bonchev–Trinajstić information content (AvgIpc) is 3.88.